The number of carbonyl (C=O) groups excluding carboxylic acids is 1. The van der Waals surface area contributed by atoms with Crippen LogP contribution in [0.3, 0.4) is 0 Å². The van der Waals surface area contributed by atoms with E-state index in [4.69, 9.17) is 14.2 Å². The molecule has 0 spiro atoms. The van der Waals surface area contributed by atoms with Crippen molar-refractivity contribution >= 4 is 5.97 Å². The van der Waals surface area contributed by atoms with Gasteiger partial charge in [-0.05, 0) is 17.7 Å². The van der Waals surface area contributed by atoms with Gasteiger partial charge in [0, 0.05) is 7.11 Å². The smallest absolute Gasteiger partial charge is 0.310 e. The van der Waals surface area contributed by atoms with Crippen LogP contribution in [0.1, 0.15) is 5.56 Å². The van der Waals surface area contributed by atoms with Crippen molar-refractivity contribution in [3.8, 4) is 5.75 Å². The maximum absolute atomic E-state index is 11.3. The number of rotatable bonds is 6. The van der Waals surface area contributed by atoms with E-state index in [0.717, 1.165) is 11.3 Å². The minimum absolute atomic E-state index is 0.248. The summed E-state index contributed by atoms with van der Waals surface area (Å²) in [6.45, 7) is 0.722. The van der Waals surface area contributed by atoms with Crippen LogP contribution in [0.4, 0.5) is 0 Å². The van der Waals surface area contributed by atoms with Crippen LogP contribution in [0.2, 0.25) is 0 Å². The van der Waals surface area contributed by atoms with Crippen molar-refractivity contribution in [1.82, 2.24) is 0 Å². The van der Waals surface area contributed by atoms with Gasteiger partial charge < -0.3 is 14.2 Å². The largest absolute Gasteiger partial charge is 0.497 e. The Hall–Kier alpha value is -1.55. The minimum Gasteiger partial charge on any atom is -0.497 e. The van der Waals surface area contributed by atoms with Crippen molar-refractivity contribution in [1.29, 1.82) is 0 Å². The topological polar surface area (TPSA) is 44.8 Å². The molecule has 0 aliphatic rings. The molecule has 4 heteroatoms. The predicted octanol–water partition coefficient (Wildman–Crippen LogP) is 1.43. The van der Waals surface area contributed by atoms with Gasteiger partial charge in [-0.15, -0.1) is 0 Å². The molecule has 88 valence electrons. The molecule has 0 saturated carbocycles. The molecule has 0 bridgehead atoms. The maximum Gasteiger partial charge on any atom is 0.310 e. The van der Waals surface area contributed by atoms with Crippen molar-refractivity contribution in [2.24, 2.45) is 0 Å². The SMILES string of the molecule is COCCOC(=O)Cc1ccc(OC)cc1. The fraction of sp³-hybridized carbons (Fsp3) is 0.417. The first-order valence-electron chi connectivity index (χ1n) is 5.03. The molecular weight excluding hydrogens is 208 g/mol. The van der Waals surface area contributed by atoms with Gasteiger partial charge in [0.2, 0.25) is 0 Å². The minimum atomic E-state index is -0.248. The molecule has 0 amide bonds. The molecule has 1 rings (SSSR count). The summed E-state index contributed by atoms with van der Waals surface area (Å²) in [6, 6.07) is 7.32. The van der Waals surface area contributed by atoms with E-state index < -0.39 is 0 Å². The van der Waals surface area contributed by atoms with Gasteiger partial charge in [-0.2, -0.15) is 0 Å². The second-order valence-electron chi connectivity index (χ2n) is 3.24. The lowest BCUT2D eigenvalue weighted by molar-refractivity contribution is -0.144. The molecule has 1 aromatic rings. The summed E-state index contributed by atoms with van der Waals surface area (Å²) < 4.78 is 14.7. The lowest BCUT2D eigenvalue weighted by Gasteiger charge is -2.05. The Morgan fingerprint density at radius 3 is 2.38 bits per heavy atom. The van der Waals surface area contributed by atoms with E-state index >= 15 is 0 Å². The van der Waals surface area contributed by atoms with Crippen LogP contribution in [-0.4, -0.2) is 33.4 Å². The predicted molar refractivity (Wildman–Crippen MR) is 59.5 cm³/mol. The molecule has 4 nitrogen and oxygen atoms in total. The van der Waals surface area contributed by atoms with Gasteiger partial charge in [-0.1, -0.05) is 12.1 Å². The highest BCUT2D eigenvalue weighted by Crippen LogP contribution is 2.11. The van der Waals surface area contributed by atoms with Crippen LogP contribution in [-0.2, 0) is 20.7 Å². The van der Waals surface area contributed by atoms with Gasteiger partial charge in [0.1, 0.15) is 12.4 Å². The van der Waals surface area contributed by atoms with Crippen molar-refractivity contribution in [2.45, 2.75) is 6.42 Å². The van der Waals surface area contributed by atoms with E-state index in [-0.39, 0.29) is 12.4 Å². The van der Waals surface area contributed by atoms with Gasteiger partial charge in [-0.3, -0.25) is 4.79 Å². The van der Waals surface area contributed by atoms with Crippen LogP contribution in [0, 0.1) is 0 Å². The summed E-state index contributed by atoms with van der Waals surface area (Å²) in [4.78, 5) is 11.3. The summed E-state index contributed by atoms with van der Waals surface area (Å²) in [5.74, 6) is 0.527. The Labute approximate surface area is 95.1 Å². The highest BCUT2D eigenvalue weighted by molar-refractivity contribution is 5.72. The molecule has 0 aliphatic carbocycles. The van der Waals surface area contributed by atoms with Crippen LogP contribution < -0.4 is 4.74 Å². The third kappa shape index (κ3) is 4.31. The average molecular weight is 224 g/mol. The third-order valence-electron chi connectivity index (χ3n) is 2.06. The number of ether oxygens (including phenoxy) is 3. The molecule has 0 heterocycles. The van der Waals surface area contributed by atoms with Crippen LogP contribution >= 0.6 is 0 Å². The zero-order valence-electron chi connectivity index (χ0n) is 9.56. The first-order valence-corrected chi connectivity index (χ1v) is 5.03. The molecular formula is C12H16O4. The summed E-state index contributed by atoms with van der Waals surface area (Å²) in [6.07, 6.45) is 0.272. The van der Waals surface area contributed by atoms with Gasteiger partial charge in [0.05, 0.1) is 20.1 Å². The zero-order chi connectivity index (χ0) is 11.8. The number of hydrogen-bond donors (Lipinski definition) is 0. The summed E-state index contributed by atoms with van der Waals surface area (Å²) in [7, 11) is 3.17. The second-order valence-corrected chi connectivity index (χ2v) is 3.24. The Morgan fingerprint density at radius 2 is 1.81 bits per heavy atom. The molecule has 0 N–H and O–H groups in total. The van der Waals surface area contributed by atoms with Crippen LogP contribution in [0.5, 0.6) is 5.75 Å². The van der Waals surface area contributed by atoms with E-state index in [1.165, 1.54) is 0 Å². The molecule has 0 saturated heterocycles. The summed E-state index contributed by atoms with van der Waals surface area (Å²) in [5.41, 5.74) is 0.906. The number of hydrogen-bond acceptors (Lipinski definition) is 4. The molecule has 0 aliphatic heterocycles. The van der Waals surface area contributed by atoms with Gasteiger partial charge >= 0.3 is 5.97 Å². The van der Waals surface area contributed by atoms with Crippen molar-refractivity contribution in [2.75, 3.05) is 27.4 Å². The Balaban J connectivity index is 2.37. The number of esters is 1. The van der Waals surface area contributed by atoms with E-state index in [9.17, 15) is 4.79 Å². The van der Waals surface area contributed by atoms with Crippen LogP contribution in [0.25, 0.3) is 0 Å². The number of carbonyl (C=O) groups is 1. The Morgan fingerprint density at radius 1 is 1.12 bits per heavy atom. The molecule has 0 unspecified atom stereocenters. The molecule has 16 heavy (non-hydrogen) atoms. The normalized spacial score (nSPS) is 9.88. The molecule has 0 aromatic heterocycles. The molecule has 0 radical (unpaired) electrons. The highest BCUT2D eigenvalue weighted by Gasteiger charge is 2.04. The van der Waals surface area contributed by atoms with Gasteiger partial charge in [0.25, 0.3) is 0 Å². The highest BCUT2D eigenvalue weighted by atomic mass is 16.6. The Kier molecular flexibility index (Phi) is 5.36. The average Bonchev–Trinajstić information content (AvgIpc) is 2.30. The van der Waals surface area contributed by atoms with Crippen molar-refractivity contribution < 1.29 is 19.0 Å². The quantitative estimate of drug-likeness (QED) is 0.541. The van der Waals surface area contributed by atoms with E-state index in [1.807, 2.05) is 24.3 Å². The standard InChI is InChI=1S/C12H16O4/c1-14-7-8-16-12(13)9-10-3-5-11(15-2)6-4-10/h3-6H,7-9H2,1-2H3. The maximum atomic E-state index is 11.3. The van der Waals surface area contributed by atoms with Crippen LogP contribution in [0.15, 0.2) is 24.3 Å². The van der Waals surface area contributed by atoms with Gasteiger partial charge in [-0.25, -0.2) is 0 Å². The monoisotopic (exact) mass is 224 g/mol. The number of methoxy groups -OCH3 is 2. The molecule has 1 aromatic carbocycles. The van der Waals surface area contributed by atoms with E-state index in [2.05, 4.69) is 0 Å². The third-order valence-corrected chi connectivity index (χ3v) is 2.06. The summed E-state index contributed by atoms with van der Waals surface area (Å²) >= 11 is 0. The first kappa shape index (κ1) is 12.5. The van der Waals surface area contributed by atoms with E-state index in [0.29, 0.717) is 13.2 Å². The fourth-order valence-electron chi connectivity index (χ4n) is 1.20. The van der Waals surface area contributed by atoms with Crippen molar-refractivity contribution in [3.63, 3.8) is 0 Å². The Bertz CT molecular complexity index is 318. The fourth-order valence-corrected chi connectivity index (χ4v) is 1.20. The number of benzene rings is 1. The van der Waals surface area contributed by atoms with Crippen molar-refractivity contribution in [3.05, 3.63) is 29.8 Å². The lowest BCUT2D eigenvalue weighted by atomic mass is 10.1. The second kappa shape index (κ2) is 6.85. The molecule has 0 atom stereocenters. The lowest BCUT2D eigenvalue weighted by Crippen LogP contribution is -2.11. The van der Waals surface area contributed by atoms with Gasteiger partial charge in [0.15, 0.2) is 0 Å². The summed E-state index contributed by atoms with van der Waals surface area (Å²) in [5, 5.41) is 0. The molecule has 0 fully saturated rings. The first-order chi connectivity index (χ1) is 7.76. The van der Waals surface area contributed by atoms with E-state index in [1.54, 1.807) is 14.2 Å². The zero-order valence-corrected chi connectivity index (χ0v) is 9.56.